The number of ether oxygens (including phenoxy) is 4. The van der Waals surface area contributed by atoms with Crippen LogP contribution in [0.1, 0.15) is 15.9 Å². The molecule has 0 bridgehead atoms. The molecule has 0 atom stereocenters. The molecule has 0 aliphatic rings. The van der Waals surface area contributed by atoms with Crippen molar-refractivity contribution in [3.05, 3.63) is 45.0 Å². The van der Waals surface area contributed by atoms with Crippen molar-refractivity contribution in [2.45, 2.75) is 0 Å². The number of halogens is 1. The molecule has 0 saturated carbocycles. The fourth-order valence-electron chi connectivity index (χ4n) is 2.30. The Balaban J connectivity index is 2.12. The number of rotatable bonds is 9. The second kappa shape index (κ2) is 10.5. The van der Waals surface area contributed by atoms with Gasteiger partial charge in [0.05, 0.1) is 31.1 Å². The maximum absolute atomic E-state index is 12.3. The molecule has 2 aromatic rings. The van der Waals surface area contributed by atoms with Crippen LogP contribution < -0.4 is 24.4 Å². The van der Waals surface area contributed by atoms with Crippen LogP contribution in [0, 0.1) is 3.57 Å². The summed E-state index contributed by atoms with van der Waals surface area (Å²) < 4.78 is 21.4. The summed E-state index contributed by atoms with van der Waals surface area (Å²) in [5.74, 6) is 0.101. The molecule has 0 saturated heterocycles. The first kappa shape index (κ1) is 22.3. The quantitative estimate of drug-likeness (QED) is 0.300. The lowest BCUT2D eigenvalue weighted by Gasteiger charge is -2.12. The predicted octanol–water partition coefficient (Wildman–Crippen LogP) is 2.54. The summed E-state index contributed by atoms with van der Waals surface area (Å²) in [6.45, 7) is -0.485. The Labute approximate surface area is 180 Å². The number of hydrazone groups is 1. The number of benzene rings is 2. The molecule has 0 radical (unpaired) electrons. The molecular weight excluding hydrogens is 495 g/mol. The van der Waals surface area contributed by atoms with Crippen LogP contribution in [0.3, 0.4) is 0 Å². The molecule has 0 unspecified atom stereocenters. The van der Waals surface area contributed by atoms with E-state index < -0.39 is 18.5 Å². The van der Waals surface area contributed by atoms with Crippen LogP contribution in [0.4, 0.5) is 0 Å². The zero-order valence-electron chi connectivity index (χ0n) is 15.9. The van der Waals surface area contributed by atoms with Crippen molar-refractivity contribution in [3.63, 3.8) is 0 Å². The highest BCUT2D eigenvalue weighted by Gasteiger charge is 2.13. The number of amides is 1. The number of hydrogen-bond donors (Lipinski definition) is 2. The van der Waals surface area contributed by atoms with E-state index in [4.69, 9.17) is 24.1 Å². The molecule has 2 N–H and O–H groups in total. The molecule has 0 heterocycles. The van der Waals surface area contributed by atoms with E-state index in [9.17, 15) is 9.59 Å². The third-order valence-corrected chi connectivity index (χ3v) is 4.42. The van der Waals surface area contributed by atoms with Crippen molar-refractivity contribution < 1.29 is 33.6 Å². The van der Waals surface area contributed by atoms with Crippen molar-refractivity contribution in [1.29, 1.82) is 0 Å². The average Bonchev–Trinajstić information content (AvgIpc) is 2.71. The molecule has 0 aromatic heterocycles. The second-order valence-corrected chi connectivity index (χ2v) is 6.65. The molecule has 1 amide bonds. The SMILES string of the molecule is COc1ccc(C(=O)N/N=C/c2cc(I)c(OCC(=O)O)c(OC)c2)cc1OC. The minimum atomic E-state index is -1.09. The van der Waals surface area contributed by atoms with Gasteiger partial charge in [0.25, 0.3) is 5.91 Å². The largest absolute Gasteiger partial charge is 0.493 e. The predicted molar refractivity (Wildman–Crippen MR) is 113 cm³/mol. The first-order chi connectivity index (χ1) is 13.9. The normalized spacial score (nSPS) is 10.5. The van der Waals surface area contributed by atoms with Crippen LogP contribution in [0.5, 0.6) is 23.0 Å². The Kier molecular flexibility index (Phi) is 8.07. The highest BCUT2D eigenvalue weighted by Crippen LogP contribution is 2.33. The average molecular weight is 514 g/mol. The van der Waals surface area contributed by atoms with Crippen molar-refractivity contribution in [2.75, 3.05) is 27.9 Å². The fourth-order valence-corrected chi connectivity index (χ4v) is 3.08. The molecule has 0 aliphatic carbocycles. The standard InChI is InChI=1S/C19H19IN2O7/c1-26-14-5-4-12(8-15(14)27-2)19(25)22-21-9-11-6-13(20)18(16(7-11)28-3)29-10-17(23)24/h4-9H,10H2,1-3H3,(H,22,25)(H,23,24)/b21-9+. The first-order valence-electron chi connectivity index (χ1n) is 8.17. The van der Waals surface area contributed by atoms with Gasteiger partial charge >= 0.3 is 5.97 Å². The Morgan fingerprint density at radius 3 is 2.38 bits per heavy atom. The second-order valence-electron chi connectivity index (χ2n) is 5.49. The third kappa shape index (κ3) is 5.98. The van der Waals surface area contributed by atoms with Crippen LogP contribution >= 0.6 is 22.6 Å². The summed E-state index contributed by atoms with van der Waals surface area (Å²) in [4.78, 5) is 23.0. The zero-order chi connectivity index (χ0) is 21.4. The Morgan fingerprint density at radius 1 is 1.07 bits per heavy atom. The van der Waals surface area contributed by atoms with Gasteiger partial charge in [-0.25, -0.2) is 10.2 Å². The summed E-state index contributed by atoms with van der Waals surface area (Å²) in [6, 6.07) is 8.09. The van der Waals surface area contributed by atoms with Crippen LogP contribution in [-0.4, -0.2) is 51.1 Å². The van der Waals surface area contributed by atoms with Gasteiger partial charge in [-0.2, -0.15) is 5.10 Å². The highest BCUT2D eigenvalue weighted by molar-refractivity contribution is 14.1. The summed E-state index contributed by atoms with van der Waals surface area (Å²) in [6.07, 6.45) is 1.43. The first-order valence-corrected chi connectivity index (χ1v) is 9.25. The van der Waals surface area contributed by atoms with Gasteiger partial charge in [-0.15, -0.1) is 0 Å². The van der Waals surface area contributed by atoms with Gasteiger partial charge in [-0.05, 0) is 58.5 Å². The van der Waals surface area contributed by atoms with Crippen LogP contribution in [0.2, 0.25) is 0 Å². The number of carbonyl (C=O) groups excluding carboxylic acids is 1. The monoisotopic (exact) mass is 514 g/mol. The summed E-state index contributed by atoms with van der Waals surface area (Å²) in [7, 11) is 4.44. The van der Waals surface area contributed by atoms with E-state index in [1.54, 1.807) is 30.3 Å². The van der Waals surface area contributed by atoms with E-state index in [2.05, 4.69) is 10.5 Å². The molecule has 0 spiro atoms. The Hall–Kier alpha value is -3.02. The van der Waals surface area contributed by atoms with Crippen molar-refractivity contribution in [1.82, 2.24) is 5.43 Å². The lowest BCUT2D eigenvalue weighted by atomic mass is 10.2. The van der Waals surface area contributed by atoms with Gasteiger partial charge in [0, 0.05) is 5.56 Å². The van der Waals surface area contributed by atoms with Gasteiger partial charge in [0.1, 0.15) is 0 Å². The number of aliphatic carboxylic acids is 1. The molecule has 0 aliphatic heterocycles. The van der Waals surface area contributed by atoms with Gasteiger partial charge in [0.2, 0.25) is 0 Å². The minimum Gasteiger partial charge on any atom is -0.493 e. The molecule has 2 rings (SSSR count). The van der Waals surface area contributed by atoms with Crippen molar-refractivity contribution in [2.24, 2.45) is 5.10 Å². The smallest absolute Gasteiger partial charge is 0.341 e. The Bertz CT molecular complexity index is 931. The van der Waals surface area contributed by atoms with Gasteiger partial charge in [-0.1, -0.05) is 0 Å². The number of hydrogen-bond acceptors (Lipinski definition) is 7. The molecule has 9 nitrogen and oxygen atoms in total. The van der Waals surface area contributed by atoms with E-state index in [1.807, 2.05) is 22.6 Å². The van der Waals surface area contributed by atoms with Gasteiger partial charge in [0.15, 0.2) is 29.6 Å². The Morgan fingerprint density at radius 2 is 1.76 bits per heavy atom. The number of methoxy groups -OCH3 is 3. The van der Waals surface area contributed by atoms with Crippen LogP contribution in [-0.2, 0) is 4.79 Å². The lowest BCUT2D eigenvalue weighted by Crippen LogP contribution is -2.17. The lowest BCUT2D eigenvalue weighted by molar-refractivity contribution is -0.139. The number of nitrogens with one attached hydrogen (secondary N) is 1. The summed E-state index contributed by atoms with van der Waals surface area (Å²) in [5, 5.41) is 12.7. The van der Waals surface area contributed by atoms with E-state index in [0.29, 0.717) is 37.7 Å². The highest BCUT2D eigenvalue weighted by atomic mass is 127. The molecule has 154 valence electrons. The molecule has 29 heavy (non-hydrogen) atoms. The molecule has 0 fully saturated rings. The number of carboxylic acid groups (broad SMARTS) is 1. The van der Waals surface area contributed by atoms with Crippen molar-refractivity contribution in [3.8, 4) is 23.0 Å². The molecular formula is C19H19IN2O7. The van der Waals surface area contributed by atoms with Crippen LogP contribution in [0.15, 0.2) is 35.4 Å². The van der Waals surface area contributed by atoms with E-state index in [-0.39, 0.29) is 0 Å². The maximum Gasteiger partial charge on any atom is 0.341 e. The fraction of sp³-hybridized carbons (Fsp3) is 0.211. The van der Waals surface area contributed by atoms with Gasteiger partial charge < -0.3 is 24.1 Å². The maximum atomic E-state index is 12.3. The minimum absolute atomic E-state index is 0.321. The molecule has 10 heteroatoms. The summed E-state index contributed by atoms with van der Waals surface area (Å²) in [5.41, 5.74) is 3.41. The van der Waals surface area contributed by atoms with E-state index in [1.165, 1.54) is 27.5 Å². The number of carboxylic acids is 1. The summed E-state index contributed by atoms with van der Waals surface area (Å²) >= 11 is 2.00. The van der Waals surface area contributed by atoms with E-state index in [0.717, 1.165) is 0 Å². The number of nitrogens with zero attached hydrogens (tertiary/aromatic N) is 1. The molecule has 2 aromatic carbocycles. The van der Waals surface area contributed by atoms with E-state index >= 15 is 0 Å². The zero-order valence-corrected chi connectivity index (χ0v) is 18.1. The third-order valence-electron chi connectivity index (χ3n) is 3.62. The van der Waals surface area contributed by atoms with Gasteiger partial charge in [-0.3, -0.25) is 4.79 Å². The number of carbonyl (C=O) groups is 2. The topological polar surface area (TPSA) is 116 Å². The van der Waals surface area contributed by atoms with Crippen LogP contribution in [0.25, 0.3) is 0 Å². The van der Waals surface area contributed by atoms with Crippen molar-refractivity contribution >= 4 is 40.7 Å².